The number of carbonyl (C=O) groups is 1. The van der Waals surface area contributed by atoms with Crippen LogP contribution < -0.4 is 5.32 Å². The minimum absolute atomic E-state index is 0.0199. The smallest absolute Gasteiger partial charge is 0.317 e. The number of carbonyl (C=O) groups excluding carboxylic acids is 1. The van der Waals surface area contributed by atoms with E-state index in [1.54, 1.807) is 29.5 Å². The molecule has 0 aliphatic heterocycles. The number of hydrogen-bond acceptors (Lipinski definition) is 2. The van der Waals surface area contributed by atoms with Crippen LogP contribution in [0.1, 0.15) is 38.1 Å². The van der Waals surface area contributed by atoms with E-state index >= 15 is 0 Å². The molecule has 1 atom stereocenters. The molecule has 0 saturated heterocycles. The van der Waals surface area contributed by atoms with E-state index in [0.29, 0.717) is 28.2 Å². The molecule has 130 valence electrons. The molecular formula is C18H22Cl2N2OS. The van der Waals surface area contributed by atoms with Gasteiger partial charge < -0.3 is 10.2 Å². The third-order valence-electron chi connectivity index (χ3n) is 3.80. The monoisotopic (exact) mass is 384 g/mol. The van der Waals surface area contributed by atoms with Crippen LogP contribution in [-0.2, 0) is 0 Å². The summed E-state index contributed by atoms with van der Waals surface area (Å²) in [4.78, 5) is 15.8. The van der Waals surface area contributed by atoms with Crippen molar-refractivity contribution in [3.63, 3.8) is 0 Å². The van der Waals surface area contributed by atoms with Crippen molar-refractivity contribution in [1.82, 2.24) is 4.90 Å². The standard InChI is InChI=1S/C18H22Cl2N2OS/c1-12(2)8-9-22(13(3)17-5-4-10-24-17)18(23)21-14-6-7-15(19)16(20)11-14/h4-7,10-13H,8-9H2,1-3H3,(H,21,23)/t13-/m0/s1. The number of thiophene rings is 1. The summed E-state index contributed by atoms with van der Waals surface area (Å²) in [6.45, 7) is 7.07. The van der Waals surface area contributed by atoms with Gasteiger partial charge in [0.15, 0.2) is 0 Å². The minimum atomic E-state index is -0.130. The molecule has 3 nitrogen and oxygen atoms in total. The van der Waals surface area contributed by atoms with Crippen LogP contribution in [0.4, 0.5) is 10.5 Å². The van der Waals surface area contributed by atoms with E-state index in [0.717, 1.165) is 6.42 Å². The van der Waals surface area contributed by atoms with Crippen molar-refractivity contribution < 1.29 is 4.79 Å². The van der Waals surface area contributed by atoms with Crippen molar-refractivity contribution in [1.29, 1.82) is 0 Å². The van der Waals surface area contributed by atoms with Crippen LogP contribution in [0.5, 0.6) is 0 Å². The van der Waals surface area contributed by atoms with Crippen molar-refractivity contribution >= 4 is 46.3 Å². The Labute approximate surface area is 157 Å². The number of hydrogen-bond donors (Lipinski definition) is 1. The van der Waals surface area contributed by atoms with Gasteiger partial charge in [-0.15, -0.1) is 11.3 Å². The molecular weight excluding hydrogens is 363 g/mol. The third-order valence-corrected chi connectivity index (χ3v) is 5.58. The number of amides is 2. The van der Waals surface area contributed by atoms with Gasteiger partial charge in [-0.05, 0) is 48.9 Å². The minimum Gasteiger partial charge on any atom is -0.317 e. The molecule has 0 saturated carbocycles. The lowest BCUT2D eigenvalue weighted by Gasteiger charge is -2.29. The molecule has 0 fully saturated rings. The van der Waals surface area contributed by atoms with Gasteiger partial charge in [-0.1, -0.05) is 43.1 Å². The number of rotatable bonds is 6. The number of anilines is 1. The van der Waals surface area contributed by atoms with Gasteiger partial charge in [-0.2, -0.15) is 0 Å². The molecule has 0 radical (unpaired) electrons. The number of benzene rings is 1. The fourth-order valence-corrected chi connectivity index (χ4v) is 3.41. The molecule has 2 amide bonds. The van der Waals surface area contributed by atoms with Gasteiger partial charge in [0, 0.05) is 17.1 Å². The number of nitrogens with one attached hydrogen (secondary N) is 1. The summed E-state index contributed by atoms with van der Waals surface area (Å²) in [5, 5.41) is 5.85. The van der Waals surface area contributed by atoms with E-state index in [9.17, 15) is 4.79 Å². The van der Waals surface area contributed by atoms with Gasteiger partial charge in [0.05, 0.1) is 16.1 Å². The SMILES string of the molecule is CC(C)CCN(C(=O)Nc1ccc(Cl)c(Cl)c1)[C@@H](C)c1cccs1. The topological polar surface area (TPSA) is 32.3 Å². The fourth-order valence-electron chi connectivity index (χ4n) is 2.32. The highest BCUT2D eigenvalue weighted by Crippen LogP contribution is 2.28. The Bertz CT molecular complexity index is 674. The number of urea groups is 1. The molecule has 2 aromatic rings. The van der Waals surface area contributed by atoms with E-state index in [1.165, 1.54) is 4.88 Å². The first-order valence-corrected chi connectivity index (χ1v) is 9.58. The molecule has 2 rings (SSSR count). The second-order valence-corrected chi connectivity index (χ2v) is 7.92. The summed E-state index contributed by atoms with van der Waals surface area (Å²) in [6, 6.07) is 9.06. The summed E-state index contributed by atoms with van der Waals surface area (Å²) >= 11 is 13.6. The van der Waals surface area contributed by atoms with Crippen LogP contribution in [0.2, 0.25) is 10.0 Å². The third kappa shape index (κ3) is 5.13. The van der Waals surface area contributed by atoms with E-state index in [4.69, 9.17) is 23.2 Å². The number of nitrogens with zero attached hydrogens (tertiary/aromatic N) is 1. The Morgan fingerprint density at radius 1 is 1.21 bits per heavy atom. The predicted octanol–water partition coefficient (Wildman–Crippen LogP) is 6.70. The van der Waals surface area contributed by atoms with Crippen LogP contribution in [0.25, 0.3) is 0 Å². The molecule has 0 aliphatic rings. The lowest BCUT2D eigenvalue weighted by atomic mass is 10.1. The van der Waals surface area contributed by atoms with Crippen LogP contribution in [0, 0.1) is 5.92 Å². The Morgan fingerprint density at radius 3 is 2.54 bits per heavy atom. The lowest BCUT2D eigenvalue weighted by Crippen LogP contribution is -2.38. The van der Waals surface area contributed by atoms with Crippen LogP contribution in [-0.4, -0.2) is 17.5 Å². The van der Waals surface area contributed by atoms with Crippen molar-refractivity contribution in [3.05, 3.63) is 50.6 Å². The van der Waals surface area contributed by atoms with Gasteiger partial charge in [-0.25, -0.2) is 4.79 Å². The summed E-state index contributed by atoms with van der Waals surface area (Å²) in [5.74, 6) is 0.529. The largest absolute Gasteiger partial charge is 0.322 e. The van der Waals surface area contributed by atoms with Gasteiger partial charge >= 0.3 is 6.03 Å². The molecule has 1 heterocycles. The van der Waals surface area contributed by atoms with Crippen molar-refractivity contribution in [3.8, 4) is 0 Å². The molecule has 0 spiro atoms. The molecule has 0 unspecified atom stereocenters. The maximum atomic E-state index is 12.8. The first kappa shape index (κ1) is 19.1. The van der Waals surface area contributed by atoms with Gasteiger partial charge in [0.1, 0.15) is 0 Å². The zero-order valence-corrected chi connectivity index (χ0v) is 16.4. The molecule has 1 aromatic carbocycles. The molecule has 0 bridgehead atoms. The predicted molar refractivity (Wildman–Crippen MR) is 104 cm³/mol. The zero-order valence-electron chi connectivity index (χ0n) is 14.1. The van der Waals surface area contributed by atoms with Crippen LogP contribution in [0.15, 0.2) is 35.7 Å². The summed E-state index contributed by atoms with van der Waals surface area (Å²) in [6.07, 6.45) is 0.949. The highest BCUT2D eigenvalue weighted by atomic mass is 35.5. The van der Waals surface area contributed by atoms with Crippen LogP contribution in [0.3, 0.4) is 0 Å². The molecule has 1 aromatic heterocycles. The van der Waals surface area contributed by atoms with E-state index < -0.39 is 0 Å². The Kier molecular flexibility index (Phi) is 6.96. The maximum Gasteiger partial charge on any atom is 0.322 e. The zero-order chi connectivity index (χ0) is 17.7. The Balaban J connectivity index is 2.15. The van der Waals surface area contributed by atoms with Crippen molar-refractivity contribution in [2.75, 3.05) is 11.9 Å². The maximum absolute atomic E-state index is 12.8. The average Bonchev–Trinajstić information content (AvgIpc) is 3.05. The summed E-state index contributed by atoms with van der Waals surface area (Å²) in [5.41, 5.74) is 0.641. The number of halogens is 2. The van der Waals surface area contributed by atoms with Crippen LogP contribution >= 0.6 is 34.5 Å². The second kappa shape index (κ2) is 8.75. The molecule has 1 N–H and O–H groups in total. The van der Waals surface area contributed by atoms with E-state index in [-0.39, 0.29) is 12.1 Å². The van der Waals surface area contributed by atoms with Gasteiger partial charge in [-0.3, -0.25) is 0 Å². The molecule has 6 heteroatoms. The quantitative estimate of drug-likeness (QED) is 0.590. The first-order valence-electron chi connectivity index (χ1n) is 7.94. The summed E-state index contributed by atoms with van der Waals surface area (Å²) in [7, 11) is 0. The second-order valence-electron chi connectivity index (χ2n) is 6.13. The Morgan fingerprint density at radius 2 is 1.96 bits per heavy atom. The highest BCUT2D eigenvalue weighted by Gasteiger charge is 2.22. The highest BCUT2D eigenvalue weighted by molar-refractivity contribution is 7.10. The van der Waals surface area contributed by atoms with E-state index in [2.05, 4.69) is 32.2 Å². The fraction of sp³-hybridized carbons (Fsp3) is 0.389. The normalized spacial score (nSPS) is 12.2. The lowest BCUT2D eigenvalue weighted by molar-refractivity contribution is 0.190. The van der Waals surface area contributed by atoms with Gasteiger partial charge in [0.2, 0.25) is 0 Å². The first-order chi connectivity index (χ1) is 11.4. The average molecular weight is 385 g/mol. The van der Waals surface area contributed by atoms with E-state index in [1.807, 2.05) is 16.3 Å². The summed E-state index contributed by atoms with van der Waals surface area (Å²) < 4.78 is 0. The molecule has 24 heavy (non-hydrogen) atoms. The Hall–Kier alpha value is -1.23. The molecule has 0 aliphatic carbocycles. The van der Waals surface area contributed by atoms with Crippen molar-refractivity contribution in [2.24, 2.45) is 5.92 Å². The van der Waals surface area contributed by atoms with Gasteiger partial charge in [0.25, 0.3) is 0 Å². The van der Waals surface area contributed by atoms with Crippen molar-refractivity contribution in [2.45, 2.75) is 33.2 Å².